The highest BCUT2D eigenvalue weighted by Gasteiger charge is 2.14. The number of aromatic nitrogens is 2. The van der Waals surface area contributed by atoms with Crippen molar-refractivity contribution in [1.82, 2.24) is 19.8 Å². The van der Waals surface area contributed by atoms with Crippen molar-refractivity contribution >= 4 is 22.6 Å². The Morgan fingerprint density at radius 2 is 1.91 bits per heavy atom. The van der Waals surface area contributed by atoms with Crippen molar-refractivity contribution < 1.29 is 0 Å². The Balaban J connectivity index is 1.56. The van der Waals surface area contributed by atoms with Crippen LogP contribution in [-0.4, -0.2) is 53.0 Å². The van der Waals surface area contributed by atoms with E-state index < -0.39 is 0 Å². The van der Waals surface area contributed by atoms with Crippen LogP contribution in [0.2, 0.25) is 5.02 Å². The van der Waals surface area contributed by atoms with Crippen molar-refractivity contribution in [2.75, 3.05) is 33.2 Å². The second-order valence-corrected chi connectivity index (χ2v) is 8.90. The maximum Gasteiger partial charge on any atom is 0.138 e. The second-order valence-electron chi connectivity index (χ2n) is 8.49. The highest BCUT2D eigenvalue weighted by atomic mass is 35.5. The van der Waals surface area contributed by atoms with Crippen molar-refractivity contribution in [3.63, 3.8) is 0 Å². The average Bonchev–Trinajstić information content (AvgIpc) is 3.22. The first-order chi connectivity index (χ1) is 15.9. The van der Waals surface area contributed by atoms with Crippen LogP contribution in [0.25, 0.3) is 22.4 Å². The Labute approximate surface area is 199 Å². The second kappa shape index (κ2) is 10.1. The Bertz CT molecular complexity index is 1260. The van der Waals surface area contributed by atoms with E-state index in [-0.39, 0.29) is 0 Å². The number of likely N-dealkylation sites (N-methyl/N-ethyl adjacent to an activating group) is 1. The normalized spacial score (nSPS) is 16.1. The third-order valence-corrected chi connectivity index (χ3v) is 5.99. The van der Waals surface area contributed by atoms with Crippen molar-refractivity contribution in [2.24, 2.45) is 11.5 Å². The molecule has 0 amide bonds. The van der Waals surface area contributed by atoms with Crippen LogP contribution in [0.3, 0.4) is 0 Å². The van der Waals surface area contributed by atoms with Gasteiger partial charge in [0.1, 0.15) is 5.82 Å². The number of imidazole rings is 1. The van der Waals surface area contributed by atoms with E-state index in [2.05, 4.69) is 51.9 Å². The van der Waals surface area contributed by atoms with Crippen molar-refractivity contribution in [1.29, 1.82) is 0 Å². The number of H-pyrrole nitrogens is 1. The number of aromatic amines is 1. The summed E-state index contributed by atoms with van der Waals surface area (Å²) < 4.78 is 0. The summed E-state index contributed by atoms with van der Waals surface area (Å²) >= 11 is 6.36. The number of nitrogens with zero attached hydrogens (tertiary/aromatic N) is 3. The molecular weight excluding hydrogens is 432 g/mol. The molecule has 0 aliphatic carbocycles. The van der Waals surface area contributed by atoms with E-state index in [0.29, 0.717) is 22.0 Å². The molecule has 1 saturated heterocycles. The van der Waals surface area contributed by atoms with E-state index in [0.717, 1.165) is 55.1 Å². The van der Waals surface area contributed by atoms with Gasteiger partial charge in [-0.1, -0.05) is 23.6 Å². The smallest absolute Gasteiger partial charge is 0.138 e. The summed E-state index contributed by atoms with van der Waals surface area (Å²) in [6, 6.07) is 12.1. The molecule has 7 heteroatoms. The summed E-state index contributed by atoms with van der Waals surface area (Å²) in [6.07, 6.45) is 3.40. The highest BCUT2D eigenvalue weighted by molar-refractivity contribution is 6.31. The minimum atomic E-state index is 0.415. The van der Waals surface area contributed by atoms with Gasteiger partial charge in [0.05, 0.1) is 21.8 Å². The largest absolute Gasteiger partial charge is 0.402 e. The predicted octanol–water partition coefficient (Wildman–Crippen LogP) is 3.69. The number of nitrogens with one attached hydrogen (secondary N) is 1. The Morgan fingerprint density at radius 3 is 2.67 bits per heavy atom. The fraction of sp³-hybridized carbons (Fsp3) is 0.269. The highest BCUT2D eigenvalue weighted by Crippen LogP contribution is 2.26. The molecule has 1 fully saturated rings. The number of allylic oxidation sites excluding steroid dienone is 4. The minimum Gasteiger partial charge on any atom is -0.402 e. The number of hydrogen-bond acceptors (Lipinski definition) is 5. The number of piperazine rings is 1. The van der Waals surface area contributed by atoms with Crippen LogP contribution in [0.4, 0.5) is 0 Å². The third kappa shape index (κ3) is 5.96. The number of rotatable bonds is 4. The summed E-state index contributed by atoms with van der Waals surface area (Å²) in [5, 5.41) is 0.565. The van der Waals surface area contributed by atoms with Gasteiger partial charge >= 0.3 is 0 Å². The topological polar surface area (TPSA) is 87.2 Å². The molecule has 4 rings (SSSR count). The lowest BCUT2D eigenvalue weighted by Gasteiger charge is -2.32. The van der Waals surface area contributed by atoms with E-state index in [1.165, 1.54) is 5.56 Å². The molecule has 0 bridgehead atoms. The molecule has 0 spiro atoms. The van der Waals surface area contributed by atoms with Crippen LogP contribution in [0.15, 0.2) is 59.9 Å². The van der Waals surface area contributed by atoms with Gasteiger partial charge in [-0.05, 0) is 67.9 Å². The van der Waals surface area contributed by atoms with Gasteiger partial charge in [0, 0.05) is 49.5 Å². The Hall–Kier alpha value is -3.24. The zero-order valence-corrected chi connectivity index (χ0v) is 19.8. The average molecular weight is 461 g/mol. The number of nitrogens with two attached hydrogens (primary N) is 2. The van der Waals surface area contributed by atoms with E-state index in [1.54, 1.807) is 19.1 Å². The molecule has 0 saturated carbocycles. The van der Waals surface area contributed by atoms with Gasteiger partial charge in [0.15, 0.2) is 0 Å². The van der Waals surface area contributed by atoms with Crippen molar-refractivity contribution in [3.05, 3.63) is 76.1 Å². The number of halogens is 1. The van der Waals surface area contributed by atoms with Crippen LogP contribution >= 0.6 is 11.6 Å². The van der Waals surface area contributed by atoms with E-state index in [9.17, 15) is 0 Å². The van der Waals surface area contributed by atoms with E-state index in [1.807, 2.05) is 18.2 Å². The van der Waals surface area contributed by atoms with Gasteiger partial charge in [-0.25, -0.2) is 4.98 Å². The molecule has 5 N–H and O–H groups in total. The van der Waals surface area contributed by atoms with E-state index in [4.69, 9.17) is 28.1 Å². The van der Waals surface area contributed by atoms with Gasteiger partial charge in [0.2, 0.25) is 0 Å². The molecule has 0 unspecified atom stereocenters. The molecule has 1 aromatic heterocycles. The maximum absolute atomic E-state index is 6.36. The summed E-state index contributed by atoms with van der Waals surface area (Å²) in [4.78, 5) is 13.1. The quantitative estimate of drug-likeness (QED) is 0.408. The zero-order chi connectivity index (χ0) is 23.4. The van der Waals surface area contributed by atoms with E-state index >= 15 is 0 Å². The SMILES string of the molecule is C/C(N)=C/C=C(\N)C#Cc1cc(-c2nc3ccc(CN4CCN(C)CC4)cc3[nH]2)ccc1Cl. The minimum absolute atomic E-state index is 0.415. The summed E-state index contributed by atoms with van der Waals surface area (Å²) in [5.41, 5.74) is 17.5. The summed E-state index contributed by atoms with van der Waals surface area (Å²) in [5.74, 6) is 6.74. The van der Waals surface area contributed by atoms with Crippen LogP contribution in [0, 0.1) is 11.8 Å². The lowest BCUT2D eigenvalue weighted by molar-refractivity contribution is 0.148. The maximum atomic E-state index is 6.36. The van der Waals surface area contributed by atoms with Crippen LogP contribution in [0.1, 0.15) is 18.1 Å². The van der Waals surface area contributed by atoms with Crippen LogP contribution in [0.5, 0.6) is 0 Å². The van der Waals surface area contributed by atoms with Crippen LogP contribution in [-0.2, 0) is 6.54 Å². The van der Waals surface area contributed by atoms with Crippen molar-refractivity contribution in [2.45, 2.75) is 13.5 Å². The number of benzene rings is 2. The summed E-state index contributed by atoms with van der Waals surface area (Å²) in [6.45, 7) is 7.16. The lowest BCUT2D eigenvalue weighted by Crippen LogP contribution is -2.43. The lowest BCUT2D eigenvalue weighted by atomic mass is 10.1. The first-order valence-electron chi connectivity index (χ1n) is 11.0. The monoisotopic (exact) mass is 460 g/mol. The Morgan fingerprint density at radius 1 is 1.12 bits per heavy atom. The molecule has 6 nitrogen and oxygen atoms in total. The van der Waals surface area contributed by atoms with Gasteiger partial charge in [0.25, 0.3) is 0 Å². The molecule has 3 aromatic rings. The third-order valence-electron chi connectivity index (χ3n) is 5.66. The first kappa shape index (κ1) is 22.9. The fourth-order valence-electron chi connectivity index (χ4n) is 3.73. The van der Waals surface area contributed by atoms with Crippen molar-refractivity contribution in [3.8, 4) is 23.2 Å². The molecule has 1 aliphatic heterocycles. The van der Waals surface area contributed by atoms with Gasteiger partial charge in [-0.15, -0.1) is 0 Å². The van der Waals surface area contributed by atoms with Gasteiger partial charge in [-0.2, -0.15) is 0 Å². The molecule has 2 heterocycles. The fourth-order valence-corrected chi connectivity index (χ4v) is 3.89. The first-order valence-corrected chi connectivity index (χ1v) is 11.4. The molecule has 0 radical (unpaired) electrons. The van der Waals surface area contributed by atoms with Gasteiger partial charge in [-0.3, -0.25) is 4.90 Å². The zero-order valence-electron chi connectivity index (χ0n) is 19.0. The molecular formula is C26H29ClN6. The number of hydrogen-bond donors (Lipinski definition) is 3. The standard InChI is InChI=1S/C26H29ClN6/c1-18(28)3-7-22(29)8-5-20-16-21(6-9-23(20)27)26-30-24-10-4-19(15-25(24)31-26)17-33-13-11-32(2)12-14-33/h3-4,6-7,9-10,15-16H,11-14,17,28-29H2,1-2H3,(H,30,31)/b18-3-,22-7-. The number of fused-ring (bicyclic) bond motifs is 1. The molecule has 2 aromatic carbocycles. The Kier molecular flexibility index (Phi) is 7.05. The molecule has 170 valence electrons. The molecule has 1 aliphatic rings. The van der Waals surface area contributed by atoms with Crippen LogP contribution < -0.4 is 11.5 Å². The molecule has 33 heavy (non-hydrogen) atoms. The molecule has 0 atom stereocenters. The summed E-state index contributed by atoms with van der Waals surface area (Å²) in [7, 11) is 2.18. The predicted molar refractivity (Wildman–Crippen MR) is 136 cm³/mol. The van der Waals surface area contributed by atoms with Gasteiger partial charge < -0.3 is 21.4 Å².